The van der Waals surface area contributed by atoms with E-state index in [1.807, 2.05) is 0 Å². The number of carbonyl (C=O) groups is 1. The number of ether oxygens (including phenoxy) is 1. The molecule has 1 aromatic rings. The van der Waals surface area contributed by atoms with E-state index in [9.17, 15) is 17.6 Å². The van der Waals surface area contributed by atoms with Gasteiger partial charge in [-0.2, -0.15) is 0 Å². The molecule has 0 spiro atoms. The molecule has 0 radical (unpaired) electrons. The fourth-order valence-electron chi connectivity index (χ4n) is 2.67. The SMILES string of the molecule is COc1ccc(C(=O)N2CCC[C@@H](CNS(C)(=O)=O)C2)cc1F. The highest BCUT2D eigenvalue weighted by Gasteiger charge is 2.25. The zero-order valence-electron chi connectivity index (χ0n) is 13.2. The van der Waals surface area contributed by atoms with Crippen molar-refractivity contribution in [3.05, 3.63) is 29.6 Å². The van der Waals surface area contributed by atoms with Crippen molar-refractivity contribution in [2.45, 2.75) is 12.8 Å². The molecule has 1 N–H and O–H groups in total. The van der Waals surface area contributed by atoms with E-state index in [1.165, 1.54) is 25.3 Å². The summed E-state index contributed by atoms with van der Waals surface area (Å²) >= 11 is 0. The highest BCUT2D eigenvalue weighted by molar-refractivity contribution is 7.88. The van der Waals surface area contributed by atoms with Gasteiger partial charge in [-0.15, -0.1) is 0 Å². The normalized spacial score (nSPS) is 18.7. The zero-order valence-corrected chi connectivity index (χ0v) is 14.0. The molecule has 8 heteroatoms. The Hall–Kier alpha value is -1.67. The van der Waals surface area contributed by atoms with Crippen LogP contribution in [0.5, 0.6) is 5.75 Å². The lowest BCUT2D eigenvalue weighted by molar-refractivity contribution is 0.0676. The number of halogens is 1. The van der Waals surface area contributed by atoms with Gasteiger partial charge in [0.15, 0.2) is 11.6 Å². The van der Waals surface area contributed by atoms with Gasteiger partial charge in [0.1, 0.15) is 0 Å². The van der Waals surface area contributed by atoms with E-state index in [0.717, 1.165) is 19.1 Å². The molecule has 0 unspecified atom stereocenters. The molecule has 1 amide bonds. The van der Waals surface area contributed by atoms with Crippen LogP contribution >= 0.6 is 0 Å². The lowest BCUT2D eigenvalue weighted by Crippen LogP contribution is -2.43. The number of sulfonamides is 1. The summed E-state index contributed by atoms with van der Waals surface area (Å²) in [6, 6.07) is 4.12. The molecule has 1 aromatic carbocycles. The number of piperidine rings is 1. The summed E-state index contributed by atoms with van der Waals surface area (Å²) in [6.45, 7) is 1.34. The molecule has 0 aliphatic carbocycles. The van der Waals surface area contributed by atoms with Crippen molar-refractivity contribution in [1.29, 1.82) is 0 Å². The fourth-order valence-corrected chi connectivity index (χ4v) is 3.21. The van der Waals surface area contributed by atoms with Gasteiger partial charge < -0.3 is 9.64 Å². The third kappa shape index (κ3) is 4.90. The Balaban J connectivity index is 2.03. The summed E-state index contributed by atoms with van der Waals surface area (Å²) < 4.78 is 43.4. The van der Waals surface area contributed by atoms with Crippen LogP contribution in [0, 0.1) is 11.7 Å². The molecule has 1 atom stereocenters. The summed E-state index contributed by atoms with van der Waals surface area (Å²) in [7, 11) is -1.88. The van der Waals surface area contributed by atoms with Crippen LogP contribution < -0.4 is 9.46 Å². The Morgan fingerprint density at radius 3 is 2.83 bits per heavy atom. The Morgan fingerprint density at radius 2 is 2.22 bits per heavy atom. The second-order valence-corrected chi connectivity index (χ2v) is 7.56. The van der Waals surface area contributed by atoms with Crippen molar-refractivity contribution < 1.29 is 22.3 Å². The van der Waals surface area contributed by atoms with Gasteiger partial charge in [0.05, 0.1) is 13.4 Å². The highest BCUT2D eigenvalue weighted by Crippen LogP contribution is 2.22. The number of methoxy groups -OCH3 is 1. The number of nitrogens with zero attached hydrogens (tertiary/aromatic N) is 1. The molecule has 1 aliphatic rings. The Bertz CT molecular complexity index is 678. The first-order chi connectivity index (χ1) is 10.8. The number of carbonyl (C=O) groups excluding carboxylic acids is 1. The first-order valence-electron chi connectivity index (χ1n) is 7.37. The molecule has 6 nitrogen and oxygen atoms in total. The van der Waals surface area contributed by atoms with Gasteiger partial charge in [0.25, 0.3) is 5.91 Å². The second kappa shape index (κ2) is 7.27. The average molecular weight is 344 g/mol. The van der Waals surface area contributed by atoms with Crippen LogP contribution in [0.15, 0.2) is 18.2 Å². The van der Waals surface area contributed by atoms with Gasteiger partial charge in [-0.05, 0) is 37.0 Å². The van der Waals surface area contributed by atoms with Gasteiger partial charge in [0.2, 0.25) is 10.0 Å². The predicted molar refractivity (Wildman–Crippen MR) is 84.4 cm³/mol. The summed E-state index contributed by atoms with van der Waals surface area (Å²) in [4.78, 5) is 14.1. The van der Waals surface area contributed by atoms with E-state index >= 15 is 0 Å². The maximum atomic E-state index is 13.7. The number of likely N-dealkylation sites (tertiary alicyclic amines) is 1. The maximum absolute atomic E-state index is 13.7. The van der Waals surface area contributed by atoms with Crippen LogP contribution in [-0.4, -0.2) is 52.2 Å². The quantitative estimate of drug-likeness (QED) is 0.872. The van der Waals surface area contributed by atoms with Crippen LogP contribution in [0.2, 0.25) is 0 Å². The van der Waals surface area contributed by atoms with Crippen molar-refractivity contribution in [2.24, 2.45) is 5.92 Å². The molecule has 2 rings (SSSR count). The van der Waals surface area contributed by atoms with Crippen molar-refractivity contribution in [1.82, 2.24) is 9.62 Å². The summed E-state index contributed by atoms with van der Waals surface area (Å²) in [5.74, 6) is -0.679. The summed E-state index contributed by atoms with van der Waals surface area (Å²) in [6.07, 6.45) is 2.75. The molecule has 1 heterocycles. The smallest absolute Gasteiger partial charge is 0.253 e. The van der Waals surface area contributed by atoms with Gasteiger partial charge in [-0.1, -0.05) is 0 Å². The zero-order chi connectivity index (χ0) is 17.0. The van der Waals surface area contributed by atoms with E-state index in [2.05, 4.69) is 4.72 Å². The molecule has 0 saturated carbocycles. The van der Waals surface area contributed by atoms with Gasteiger partial charge in [-0.3, -0.25) is 4.79 Å². The second-order valence-electron chi connectivity index (χ2n) is 5.73. The number of benzene rings is 1. The summed E-state index contributed by atoms with van der Waals surface area (Å²) in [5.41, 5.74) is 0.264. The maximum Gasteiger partial charge on any atom is 0.253 e. The number of hydrogen-bond donors (Lipinski definition) is 1. The minimum absolute atomic E-state index is 0.0607. The van der Waals surface area contributed by atoms with Crippen molar-refractivity contribution >= 4 is 15.9 Å². The lowest BCUT2D eigenvalue weighted by atomic mass is 9.97. The minimum Gasteiger partial charge on any atom is -0.494 e. The van der Waals surface area contributed by atoms with Crippen molar-refractivity contribution in [3.63, 3.8) is 0 Å². The first kappa shape index (κ1) is 17.7. The van der Waals surface area contributed by atoms with Crippen molar-refractivity contribution in [3.8, 4) is 5.75 Å². The average Bonchev–Trinajstić information content (AvgIpc) is 2.52. The number of amides is 1. The molecular formula is C15H21FN2O4S. The third-order valence-corrected chi connectivity index (χ3v) is 4.53. The van der Waals surface area contributed by atoms with Crippen LogP contribution in [0.3, 0.4) is 0 Å². The number of hydrogen-bond acceptors (Lipinski definition) is 4. The predicted octanol–water partition coefficient (Wildman–Crippen LogP) is 1.24. The van der Waals surface area contributed by atoms with E-state index in [1.54, 1.807) is 4.90 Å². The fraction of sp³-hybridized carbons (Fsp3) is 0.533. The van der Waals surface area contributed by atoms with E-state index < -0.39 is 15.8 Å². The van der Waals surface area contributed by atoms with E-state index in [0.29, 0.717) is 19.6 Å². The monoisotopic (exact) mass is 344 g/mol. The van der Waals surface area contributed by atoms with Crippen LogP contribution in [0.1, 0.15) is 23.2 Å². The number of nitrogens with one attached hydrogen (secondary N) is 1. The molecule has 0 bridgehead atoms. The third-order valence-electron chi connectivity index (χ3n) is 3.84. The Labute approximate surface area is 135 Å². The lowest BCUT2D eigenvalue weighted by Gasteiger charge is -2.32. The first-order valence-corrected chi connectivity index (χ1v) is 9.26. The minimum atomic E-state index is -3.24. The van der Waals surface area contributed by atoms with Crippen LogP contribution in [0.25, 0.3) is 0 Å². The Morgan fingerprint density at radius 1 is 1.48 bits per heavy atom. The molecule has 1 fully saturated rings. The largest absolute Gasteiger partial charge is 0.494 e. The molecule has 128 valence electrons. The van der Waals surface area contributed by atoms with Gasteiger partial charge in [0, 0.05) is 25.2 Å². The highest BCUT2D eigenvalue weighted by atomic mass is 32.2. The van der Waals surface area contributed by atoms with Gasteiger partial charge in [-0.25, -0.2) is 17.5 Å². The molecule has 1 saturated heterocycles. The molecular weight excluding hydrogens is 323 g/mol. The molecule has 23 heavy (non-hydrogen) atoms. The molecule has 1 aliphatic heterocycles. The molecule has 0 aromatic heterocycles. The topological polar surface area (TPSA) is 75.7 Å². The van der Waals surface area contributed by atoms with Crippen molar-refractivity contribution in [2.75, 3.05) is 33.0 Å². The standard InChI is InChI=1S/C15H21FN2O4S/c1-22-14-6-5-12(8-13(14)16)15(19)18-7-3-4-11(10-18)9-17-23(2,20)21/h5-6,8,11,17H,3-4,7,9-10H2,1-2H3/t11-/m0/s1. The van der Waals surface area contributed by atoms with Crippen LogP contribution in [0.4, 0.5) is 4.39 Å². The van der Waals surface area contributed by atoms with E-state index in [4.69, 9.17) is 4.74 Å². The number of rotatable bonds is 5. The van der Waals surface area contributed by atoms with Gasteiger partial charge >= 0.3 is 0 Å². The van der Waals surface area contributed by atoms with Crippen LogP contribution in [-0.2, 0) is 10.0 Å². The Kier molecular flexibility index (Phi) is 5.59. The van der Waals surface area contributed by atoms with E-state index in [-0.39, 0.29) is 23.1 Å². The summed E-state index contributed by atoms with van der Waals surface area (Å²) in [5, 5.41) is 0.